The highest BCUT2D eigenvalue weighted by Crippen LogP contribution is 2.58. The van der Waals surface area contributed by atoms with E-state index in [1.807, 2.05) is 33.8 Å². The number of hydrogen-bond acceptors (Lipinski definition) is 5. The first-order valence-electron chi connectivity index (χ1n) is 7.70. The fraction of sp³-hybridized carbons (Fsp3) is 0.875. The Balaban J connectivity index is 1.71. The zero-order valence-electron chi connectivity index (χ0n) is 13.2. The monoisotopic (exact) mass is 298 g/mol. The smallest absolute Gasteiger partial charge is 0.184 e. The van der Waals surface area contributed by atoms with Crippen LogP contribution in [0.25, 0.3) is 0 Å². The molecule has 3 fully saturated rings. The van der Waals surface area contributed by atoms with Crippen LogP contribution in [0, 0.1) is 17.8 Å². The lowest BCUT2D eigenvalue weighted by atomic mass is 10.1. The molecular weight excluding hydrogens is 272 g/mol. The van der Waals surface area contributed by atoms with Crippen LogP contribution < -0.4 is 0 Å². The van der Waals surface area contributed by atoms with E-state index in [1.54, 1.807) is 0 Å². The van der Waals surface area contributed by atoms with E-state index in [2.05, 4.69) is 6.58 Å². The van der Waals surface area contributed by atoms with Crippen LogP contribution >= 0.6 is 0 Å². The van der Waals surface area contributed by atoms with Crippen molar-refractivity contribution in [3.05, 3.63) is 12.7 Å². The van der Waals surface area contributed by atoms with Gasteiger partial charge < -0.3 is 24.1 Å². The van der Waals surface area contributed by atoms with Gasteiger partial charge >= 0.3 is 0 Å². The molecule has 0 spiro atoms. The summed E-state index contributed by atoms with van der Waals surface area (Å²) in [5.74, 6) is -0.310. The van der Waals surface area contributed by atoms with Gasteiger partial charge in [-0.1, -0.05) is 6.08 Å². The van der Waals surface area contributed by atoms with E-state index >= 15 is 0 Å². The molecule has 3 rings (SSSR count). The highest BCUT2D eigenvalue weighted by Gasteiger charge is 2.63. The second-order valence-corrected chi connectivity index (χ2v) is 7.20. The Labute approximate surface area is 126 Å². The van der Waals surface area contributed by atoms with Gasteiger partial charge in [-0.2, -0.15) is 0 Å². The molecule has 5 heteroatoms. The van der Waals surface area contributed by atoms with E-state index in [1.165, 1.54) is 0 Å². The molecule has 0 radical (unpaired) electrons. The molecule has 0 aromatic carbocycles. The first kappa shape index (κ1) is 15.4. The molecule has 0 bridgehead atoms. The number of ether oxygens (including phenoxy) is 4. The van der Waals surface area contributed by atoms with Crippen molar-refractivity contribution in [2.75, 3.05) is 6.61 Å². The van der Waals surface area contributed by atoms with Crippen LogP contribution in [0.4, 0.5) is 0 Å². The van der Waals surface area contributed by atoms with Gasteiger partial charge in [0.15, 0.2) is 17.9 Å². The van der Waals surface area contributed by atoms with E-state index in [0.29, 0.717) is 18.4 Å². The minimum atomic E-state index is -0.877. The van der Waals surface area contributed by atoms with Crippen molar-refractivity contribution in [3.63, 3.8) is 0 Å². The van der Waals surface area contributed by atoms with E-state index in [9.17, 15) is 5.11 Å². The van der Waals surface area contributed by atoms with E-state index < -0.39 is 17.9 Å². The average molecular weight is 298 g/mol. The van der Waals surface area contributed by atoms with Gasteiger partial charge in [-0.05, 0) is 51.9 Å². The van der Waals surface area contributed by atoms with Crippen LogP contribution in [-0.4, -0.2) is 41.8 Å². The minimum Gasteiger partial charge on any atom is -0.366 e. The number of aliphatic hydroxyl groups is 1. The van der Waals surface area contributed by atoms with Crippen LogP contribution in [0.2, 0.25) is 0 Å². The summed E-state index contributed by atoms with van der Waals surface area (Å²) in [6.45, 7) is 11.9. The minimum absolute atomic E-state index is 0.0504. The standard InChI is InChI=1S/C16H26O5/c1-6-7-9-11(10-8-18-15(2,3)19-10)12(9)13-14(17)21-16(4,5)20-13/h6,9-14,17H,1,7-8H2,2-5H3/t9?,10?,11-,12?,13+,14-/m1/s1. The lowest BCUT2D eigenvalue weighted by Crippen LogP contribution is -2.28. The predicted molar refractivity (Wildman–Crippen MR) is 76.2 cm³/mol. The van der Waals surface area contributed by atoms with Crippen molar-refractivity contribution in [2.45, 2.75) is 64.2 Å². The van der Waals surface area contributed by atoms with Crippen LogP contribution in [0.3, 0.4) is 0 Å². The Morgan fingerprint density at radius 1 is 1.10 bits per heavy atom. The summed E-state index contributed by atoms with van der Waals surface area (Å²) in [4.78, 5) is 0. The molecule has 3 unspecified atom stereocenters. The highest BCUT2D eigenvalue weighted by molar-refractivity contribution is 5.09. The van der Waals surface area contributed by atoms with Gasteiger partial charge in [-0.15, -0.1) is 6.58 Å². The molecule has 2 saturated heterocycles. The van der Waals surface area contributed by atoms with Crippen molar-refractivity contribution in [3.8, 4) is 0 Å². The predicted octanol–water partition coefficient (Wildman–Crippen LogP) is 2.05. The summed E-state index contributed by atoms with van der Waals surface area (Å²) in [7, 11) is 0. The third kappa shape index (κ3) is 2.90. The lowest BCUT2D eigenvalue weighted by molar-refractivity contribution is -0.174. The van der Waals surface area contributed by atoms with Gasteiger partial charge in [0.1, 0.15) is 6.10 Å². The molecule has 5 nitrogen and oxygen atoms in total. The molecule has 120 valence electrons. The molecule has 1 N–H and O–H groups in total. The van der Waals surface area contributed by atoms with Crippen molar-refractivity contribution in [1.29, 1.82) is 0 Å². The summed E-state index contributed by atoms with van der Waals surface area (Å²) in [5.41, 5.74) is 0. The van der Waals surface area contributed by atoms with Gasteiger partial charge in [0.2, 0.25) is 0 Å². The summed E-state index contributed by atoms with van der Waals surface area (Å²) in [6, 6.07) is 0. The summed E-state index contributed by atoms with van der Waals surface area (Å²) < 4.78 is 23.0. The fourth-order valence-corrected chi connectivity index (χ4v) is 3.87. The maximum atomic E-state index is 10.1. The Morgan fingerprint density at radius 3 is 2.29 bits per heavy atom. The maximum Gasteiger partial charge on any atom is 0.184 e. The van der Waals surface area contributed by atoms with Crippen molar-refractivity contribution >= 4 is 0 Å². The maximum absolute atomic E-state index is 10.1. The molecule has 0 amide bonds. The van der Waals surface area contributed by atoms with Crippen LogP contribution in [0.5, 0.6) is 0 Å². The molecule has 1 saturated carbocycles. The van der Waals surface area contributed by atoms with Gasteiger partial charge in [0.05, 0.1) is 12.7 Å². The molecular formula is C16H26O5. The highest BCUT2D eigenvalue weighted by atomic mass is 16.8. The van der Waals surface area contributed by atoms with Gasteiger partial charge in [-0.3, -0.25) is 0 Å². The summed E-state index contributed by atoms with van der Waals surface area (Å²) in [5, 5.41) is 10.1. The van der Waals surface area contributed by atoms with Crippen LogP contribution in [0.15, 0.2) is 12.7 Å². The lowest BCUT2D eigenvalue weighted by Gasteiger charge is -2.18. The van der Waals surface area contributed by atoms with Gasteiger partial charge in [0, 0.05) is 0 Å². The third-order valence-corrected chi connectivity index (χ3v) is 4.68. The zero-order chi connectivity index (χ0) is 15.4. The number of allylic oxidation sites excluding steroid dienone is 1. The van der Waals surface area contributed by atoms with Crippen molar-refractivity contribution in [2.24, 2.45) is 17.8 Å². The van der Waals surface area contributed by atoms with E-state index in [4.69, 9.17) is 18.9 Å². The van der Waals surface area contributed by atoms with E-state index in [-0.39, 0.29) is 18.1 Å². The summed E-state index contributed by atoms with van der Waals surface area (Å²) >= 11 is 0. The number of rotatable bonds is 4. The molecule has 21 heavy (non-hydrogen) atoms. The molecule has 0 aromatic heterocycles. The third-order valence-electron chi connectivity index (χ3n) is 4.68. The van der Waals surface area contributed by atoms with E-state index in [0.717, 1.165) is 6.42 Å². The molecule has 1 aliphatic carbocycles. The van der Waals surface area contributed by atoms with Crippen molar-refractivity contribution < 1.29 is 24.1 Å². The summed E-state index contributed by atoms with van der Waals surface area (Å²) in [6.07, 6.45) is 1.68. The largest absolute Gasteiger partial charge is 0.366 e. The number of hydrogen-bond donors (Lipinski definition) is 1. The Hall–Kier alpha value is -0.460. The van der Waals surface area contributed by atoms with Crippen LogP contribution in [-0.2, 0) is 18.9 Å². The molecule has 6 atom stereocenters. The molecule has 0 aromatic rings. The zero-order valence-corrected chi connectivity index (χ0v) is 13.2. The molecule has 2 aliphatic heterocycles. The second kappa shape index (κ2) is 5.03. The second-order valence-electron chi connectivity index (χ2n) is 7.20. The normalized spacial score (nSPS) is 47.5. The topological polar surface area (TPSA) is 57.2 Å². The van der Waals surface area contributed by atoms with Crippen LogP contribution in [0.1, 0.15) is 34.1 Å². The first-order chi connectivity index (χ1) is 9.74. The fourth-order valence-electron chi connectivity index (χ4n) is 3.87. The molecule has 3 aliphatic rings. The average Bonchev–Trinajstić information content (AvgIpc) is 2.81. The quantitative estimate of drug-likeness (QED) is 0.805. The SMILES string of the molecule is C=CCC1C([C@@H]2OC(C)(C)O[C@H]2O)[C@H]1C1COC(C)(C)O1. The Bertz CT molecular complexity index is 419. The van der Waals surface area contributed by atoms with Gasteiger partial charge in [0.25, 0.3) is 0 Å². The van der Waals surface area contributed by atoms with Gasteiger partial charge in [-0.25, -0.2) is 0 Å². The number of aliphatic hydroxyl groups excluding tert-OH is 1. The molecule has 2 heterocycles. The first-order valence-corrected chi connectivity index (χ1v) is 7.70. The Morgan fingerprint density at radius 2 is 1.81 bits per heavy atom. The van der Waals surface area contributed by atoms with Crippen molar-refractivity contribution in [1.82, 2.24) is 0 Å². The Kier molecular flexibility index (Phi) is 3.70.